The summed E-state index contributed by atoms with van der Waals surface area (Å²) in [5, 5.41) is 21.0. The monoisotopic (exact) mass is 429 g/mol. The van der Waals surface area contributed by atoms with E-state index in [1.165, 1.54) is 6.42 Å². The first-order valence-electron chi connectivity index (χ1n) is 10.9. The van der Waals surface area contributed by atoms with Gasteiger partial charge in [-0.3, -0.25) is 4.79 Å². The molecule has 4 aromatic rings. The standard InChI is InChI=1S/C24H27N7O/c1-2-3-6-14-25-21-13-15-26-24(32)22(21)27-16-17-9-11-18(12-10-17)19-7-4-5-8-20(19)23-28-30-31-29-23/h4-5,7-13,15,27H,2-3,6,14,16H2,1H3,(H2,25,26,32)(H,28,29,30,31). The molecule has 4 rings (SSSR count). The quantitative estimate of drug-likeness (QED) is 0.277. The molecule has 0 fully saturated rings. The maximum Gasteiger partial charge on any atom is 0.273 e. The van der Waals surface area contributed by atoms with Crippen LogP contribution in [0.3, 0.4) is 0 Å². The number of benzene rings is 2. The second-order valence-electron chi connectivity index (χ2n) is 7.56. The predicted octanol–water partition coefficient (Wildman–Crippen LogP) is 4.44. The number of nitrogens with zero attached hydrogens (tertiary/aromatic N) is 3. The van der Waals surface area contributed by atoms with Crippen LogP contribution in [0.2, 0.25) is 0 Å². The number of aromatic nitrogens is 5. The molecule has 2 aromatic heterocycles. The number of hydrogen-bond acceptors (Lipinski definition) is 6. The summed E-state index contributed by atoms with van der Waals surface area (Å²) in [5.74, 6) is 0.564. The number of nitrogens with one attached hydrogen (secondary N) is 4. The molecule has 8 nitrogen and oxygen atoms in total. The molecule has 0 unspecified atom stereocenters. The van der Waals surface area contributed by atoms with Gasteiger partial charge in [-0.15, -0.1) is 10.2 Å². The number of H-pyrrole nitrogens is 2. The summed E-state index contributed by atoms with van der Waals surface area (Å²) in [5.41, 5.74) is 5.35. The molecular weight excluding hydrogens is 402 g/mol. The molecule has 8 heteroatoms. The van der Waals surface area contributed by atoms with Gasteiger partial charge in [0.15, 0.2) is 0 Å². The highest BCUT2D eigenvalue weighted by Gasteiger charge is 2.11. The van der Waals surface area contributed by atoms with Crippen molar-refractivity contribution in [1.82, 2.24) is 25.6 Å². The highest BCUT2D eigenvalue weighted by atomic mass is 16.1. The molecular formula is C24H27N7O. The summed E-state index contributed by atoms with van der Waals surface area (Å²) in [7, 11) is 0. The Morgan fingerprint density at radius 3 is 2.50 bits per heavy atom. The summed E-state index contributed by atoms with van der Waals surface area (Å²) in [6.07, 6.45) is 5.08. The Morgan fingerprint density at radius 2 is 1.75 bits per heavy atom. The van der Waals surface area contributed by atoms with Crippen LogP contribution < -0.4 is 16.2 Å². The Hall–Kier alpha value is -3.94. The van der Waals surface area contributed by atoms with Gasteiger partial charge in [-0.25, -0.2) is 0 Å². The van der Waals surface area contributed by atoms with Crippen molar-refractivity contribution in [3.05, 3.63) is 76.7 Å². The average Bonchev–Trinajstić information content (AvgIpc) is 3.37. The van der Waals surface area contributed by atoms with Gasteiger partial charge in [0.25, 0.3) is 5.56 Å². The highest BCUT2D eigenvalue weighted by molar-refractivity contribution is 5.80. The van der Waals surface area contributed by atoms with Crippen LogP contribution in [0.15, 0.2) is 65.6 Å². The molecule has 164 valence electrons. The molecule has 32 heavy (non-hydrogen) atoms. The molecule has 4 N–H and O–H groups in total. The zero-order valence-electron chi connectivity index (χ0n) is 18.1. The van der Waals surface area contributed by atoms with E-state index >= 15 is 0 Å². The fraction of sp³-hybridized carbons (Fsp3) is 0.250. The zero-order valence-corrected chi connectivity index (χ0v) is 18.1. The van der Waals surface area contributed by atoms with Gasteiger partial charge in [-0.2, -0.15) is 5.21 Å². The van der Waals surface area contributed by atoms with E-state index in [4.69, 9.17) is 0 Å². The largest absolute Gasteiger partial charge is 0.383 e. The lowest BCUT2D eigenvalue weighted by molar-refractivity contribution is 0.743. The van der Waals surface area contributed by atoms with Crippen LogP contribution in [0.5, 0.6) is 0 Å². The van der Waals surface area contributed by atoms with Gasteiger partial charge in [-0.05, 0) is 34.4 Å². The Balaban J connectivity index is 1.47. The fourth-order valence-electron chi connectivity index (χ4n) is 3.60. The molecule has 0 aliphatic heterocycles. The fourth-order valence-corrected chi connectivity index (χ4v) is 3.60. The van der Waals surface area contributed by atoms with E-state index in [0.717, 1.165) is 47.3 Å². The van der Waals surface area contributed by atoms with Crippen LogP contribution in [0.1, 0.15) is 31.7 Å². The Labute approximate surface area is 186 Å². The molecule has 2 aromatic carbocycles. The minimum absolute atomic E-state index is 0.129. The zero-order chi connectivity index (χ0) is 22.2. The minimum Gasteiger partial charge on any atom is -0.383 e. The van der Waals surface area contributed by atoms with Crippen molar-refractivity contribution in [3.8, 4) is 22.5 Å². The van der Waals surface area contributed by atoms with E-state index in [-0.39, 0.29) is 5.56 Å². The molecule has 0 atom stereocenters. The van der Waals surface area contributed by atoms with Crippen LogP contribution in [0.4, 0.5) is 11.4 Å². The lowest BCUT2D eigenvalue weighted by Gasteiger charge is -2.13. The molecule has 0 bridgehead atoms. The van der Waals surface area contributed by atoms with Crippen LogP contribution in [-0.2, 0) is 6.54 Å². The smallest absolute Gasteiger partial charge is 0.273 e. The second-order valence-corrected chi connectivity index (χ2v) is 7.56. The van der Waals surface area contributed by atoms with Crippen molar-refractivity contribution in [2.75, 3.05) is 17.2 Å². The third-order valence-electron chi connectivity index (χ3n) is 5.30. The summed E-state index contributed by atoms with van der Waals surface area (Å²) in [6.45, 7) is 3.57. The molecule has 2 heterocycles. The topological polar surface area (TPSA) is 111 Å². The number of tetrazole rings is 1. The van der Waals surface area contributed by atoms with Crippen molar-refractivity contribution in [1.29, 1.82) is 0 Å². The maximum absolute atomic E-state index is 12.4. The Kier molecular flexibility index (Phi) is 6.91. The molecule has 0 aliphatic rings. The lowest BCUT2D eigenvalue weighted by Crippen LogP contribution is -2.17. The normalized spacial score (nSPS) is 10.8. The predicted molar refractivity (Wildman–Crippen MR) is 127 cm³/mol. The van der Waals surface area contributed by atoms with Crippen molar-refractivity contribution >= 4 is 11.4 Å². The third kappa shape index (κ3) is 5.03. The number of rotatable bonds is 10. The minimum atomic E-state index is -0.129. The van der Waals surface area contributed by atoms with Gasteiger partial charge < -0.3 is 15.6 Å². The SMILES string of the molecule is CCCCCNc1cc[nH]c(=O)c1NCc1ccc(-c2ccccc2-c2nn[nH]n2)cc1. The number of pyridine rings is 1. The van der Waals surface area contributed by atoms with E-state index < -0.39 is 0 Å². The summed E-state index contributed by atoms with van der Waals surface area (Å²) in [4.78, 5) is 15.1. The summed E-state index contributed by atoms with van der Waals surface area (Å²) >= 11 is 0. The molecule has 0 spiro atoms. The molecule has 0 saturated heterocycles. The van der Waals surface area contributed by atoms with Gasteiger partial charge in [-0.1, -0.05) is 68.3 Å². The van der Waals surface area contributed by atoms with E-state index in [1.807, 2.05) is 30.3 Å². The van der Waals surface area contributed by atoms with E-state index in [2.05, 4.69) is 67.4 Å². The Bertz CT molecular complexity index is 1180. The van der Waals surface area contributed by atoms with E-state index in [0.29, 0.717) is 18.1 Å². The van der Waals surface area contributed by atoms with Crippen LogP contribution in [0.25, 0.3) is 22.5 Å². The first-order valence-corrected chi connectivity index (χ1v) is 10.9. The van der Waals surface area contributed by atoms with Gasteiger partial charge >= 0.3 is 0 Å². The van der Waals surface area contributed by atoms with E-state index in [9.17, 15) is 4.79 Å². The van der Waals surface area contributed by atoms with Crippen molar-refractivity contribution in [3.63, 3.8) is 0 Å². The summed E-state index contributed by atoms with van der Waals surface area (Å²) < 4.78 is 0. The van der Waals surface area contributed by atoms with Gasteiger partial charge in [0.2, 0.25) is 5.82 Å². The number of hydrogen-bond donors (Lipinski definition) is 4. The van der Waals surface area contributed by atoms with Crippen molar-refractivity contribution < 1.29 is 0 Å². The van der Waals surface area contributed by atoms with Crippen molar-refractivity contribution in [2.45, 2.75) is 32.7 Å². The van der Waals surface area contributed by atoms with Crippen LogP contribution >= 0.6 is 0 Å². The van der Waals surface area contributed by atoms with Gasteiger partial charge in [0.1, 0.15) is 5.69 Å². The second kappa shape index (κ2) is 10.4. The van der Waals surface area contributed by atoms with Crippen LogP contribution in [0, 0.1) is 0 Å². The van der Waals surface area contributed by atoms with Crippen LogP contribution in [-0.4, -0.2) is 32.2 Å². The first kappa shape index (κ1) is 21.3. The van der Waals surface area contributed by atoms with E-state index in [1.54, 1.807) is 6.20 Å². The number of aromatic amines is 2. The number of unbranched alkanes of at least 4 members (excludes halogenated alkanes) is 2. The lowest BCUT2D eigenvalue weighted by atomic mass is 9.98. The number of anilines is 2. The maximum atomic E-state index is 12.4. The molecule has 0 saturated carbocycles. The molecule has 0 amide bonds. The molecule has 0 aliphatic carbocycles. The summed E-state index contributed by atoms with van der Waals surface area (Å²) in [6, 6.07) is 18.1. The first-order chi connectivity index (χ1) is 15.8. The highest BCUT2D eigenvalue weighted by Crippen LogP contribution is 2.29. The van der Waals surface area contributed by atoms with Gasteiger partial charge in [0.05, 0.1) is 5.69 Å². The van der Waals surface area contributed by atoms with Crippen molar-refractivity contribution in [2.24, 2.45) is 0 Å². The third-order valence-corrected chi connectivity index (χ3v) is 5.30. The molecule has 0 radical (unpaired) electrons. The van der Waals surface area contributed by atoms with Gasteiger partial charge in [0, 0.05) is 24.8 Å². The Morgan fingerprint density at radius 1 is 0.938 bits per heavy atom. The average molecular weight is 430 g/mol.